The summed E-state index contributed by atoms with van der Waals surface area (Å²) < 4.78 is 1.67. The van der Waals surface area contributed by atoms with Gasteiger partial charge in [0.1, 0.15) is 0 Å². The van der Waals surface area contributed by atoms with Gasteiger partial charge in [-0.05, 0) is 27.1 Å². The minimum atomic E-state index is 0.957. The van der Waals surface area contributed by atoms with E-state index in [2.05, 4.69) is 45.2 Å². The van der Waals surface area contributed by atoms with Crippen molar-refractivity contribution in [3.05, 3.63) is 12.3 Å². The second kappa shape index (κ2) is 8.94. The van der Waals surface area contributed by atoms with E-state index in [9.17, 15) is 0 Å². The zero-order valence-electron chi connectivity index (χ0n) is 8.96. The van der Waals surface area contributed by atoms with Gasteiger partial charge in [-0.15, -0.1) is 0 Å². The molecule has 0 rings (SSSR count). The quantitative estimate of drug-likeness (QED) is 0.682. The van der Waals surface area contributed by atoms with Crippen molar-refractivity contribution in [3.8, 4) is 0 Å². The molecule has 0 aromatic rings. The minimum Gasteiger partial charge on any atom is -0.327 e. The molecule has 0 aromatic heterocycles. The summed E-state index contributed by atoms with van der Waals surface area (Å²) in [7, 11) is 3.95. The fraction of sp³-hybridized carbons (Fsp3) is 0.778. The van der Waals surface area contributed by atoms with E-state index < -0.39 is 0 Å². The largest absolute Gasteiger partial charge is 0.327 e. The zero-order chi connectivity index (χ0) is 10.1. The summed E-state index contributed by atoms with van der Waals surface area (Å²) in [5, 5.41) is 0. The zero-order valence-corrected chi connectivity index (χ0v) is 9.86. The summed E-state index contributed by atoms with van der Waals surface area (Å²) >= 11 is 3.93. The summed E-state index contributed by atoms with van der Waals surface area (Å²) in [5.74, 6) is 0. The van der Waals surface area contributed by atoms with Gasteiger partial charge in [-0.1, -0.05) is 33.2 Å². The molecule has 0 saturated carbocycles. The van der Waals surface area contributed by atoms with Crippen LogP contribution in [0.15, 0.2) is 12.3 Å². The van der Waals surface area contributed by atoms with Gasteiger partial charge >= 0.3 is 0 Å². The Kier molecular flexibility index (Phi) is 10.7. The highest BCUT2D eigenvalue weighted by atomic mass is 32.1. The Morgan fingerprint density at radius 1 is 1.25 bits per heavy atom. The predicted molar refractivity (Wildman–Crippen MR) is 60.4 cm³/mol. The summed E-state index contributed by atoms with van der Waals surface area (Å²) in [6.45, 7) is 12.1. The van der Waals surface area contributed by atoms with Gasteiger partial charge in [0.2, 0.25) is 0 Å². The van der Waals surface area contributed by atoms with Crippen LogP contribution < -0.4 is 0 Å². The minimum absolute atomic E-state index is 0.957. The Labute approximate surface area is 82.8 Å². The maximum atomic E-state index is 3.93. The fourth-order valence-corrected chi connectivity index (χ4v) is 0.224. The van der Waals surface area contributed by atoms with E-state index in [1.807, 2.05) is 14.0 Å². The normalized spacial score (nSPS) is 8.92. The van der Waals surface area contributed by atoms with Gasteiger partial charge < -0.3 is 9.21 Å². The molecule has 0 N–H and O–H groups in total. The number of hydrogen-bond acceptors (Lipinski definition) is 3. The van der Waals surface area contributed by atoms with Crippen molar-refractivity contribution in [2.24, 2.45) is 0 Å². The molecule has 3 heteroatoms. The topological polar surface area (TPSA) is 6.48 Å². The molecule has 0 fully saturated rings. The van der Waals surface area contributed by atoms with Crippen molar-refractivity contribution >= 4 is 12.8 Å². The maximum Gasteiger partial charge on any atom is 0.0176 e. The molecule has 0 aromatic carbocycles. The molecule has 0 aliphatic carbocycles. The lowest BCUT2D eigenvalue weighted by Gasteiger charge is -2.07. The third-order valence-corrected chi connectivity index (χ3v) is 1.97. The van der Waals surface area contributed by atoms with Crippen LogP contribution in [0.5, 0.6) is 0 Å². The molecule has 0 saturated heterocycles. The van der Waals surface area contributed by atoms with Crippen LogP contribution >= 0.6 is 12.8 Å². The smallest absolute Gasteiger partial charge is 0.0176 e. The van der Waals surface area contributed by atoms with Gasteiger partial charge in [0.05, 0.1) is 0 Å². The van der Waals surface area contributed by atoms with Gasteiger partial charge in [0.15, 0.2) is 0 Å². The first kappa shape index (κ1) is 14.4. The molecule has 74 valence electrons. The highest BCUT2D eigenvalue weighted by Gasteiger charge is 1.81. The predicted octanol–water partition coefficient (Wildman–Crippen LogP) is 2.25. The van der Waals surface area contributed by atoms with Crippen LogP contribution in [0.3, 0.4) is 0 Å². The van der Waals surface area contributed by atoms with E-state index in [4.69, 9.17) is 0 Å². The first-order chi connectivity index (χ1) is 5.45. The molecule has 0 heterocycles. The van der Waals surface area contributed by atoms with Gasteiger partial charge in [-0.3, -0.25) is 0 Å². The van der Waals surface area contributed by atoms with E-state index in [1.54, 1.807) is 4.31 Å². The number of rotatable bonds is 3. The summed E-state index contributed by atoms with van der Waals surface area (Å²) in [6.07, 6.45) is 0. The van der Waals surface area contributed by atoms with E-state index in [0.717, 1.165) is 18.8 Å². The number of allylic oxidation sites excluding steroid dienone is 1. The third kappa shape index (κ3) is 12.5. The molecule has 0 bridgehead atoms. The van der Waals surface area contributed by atoms with Crippen molar-refractivity contribution in [2.45, 2.75) is 20.8 Å². The van der Waals surface area contributed by atoms with Crippen LogP contribution in [0.4, 0.5) is 0 Å². The molecule has 0 spiro atoms. The second-order valence-corrected chi connectivity index (χ2v) is 3.35. The molecule has 2 nitrogen and oxygen atoms in total. The van der Waals surface area contributed by atoms with Crippen LogP contribution in [0.1, 0.15) is 20.8 Å². The second-order valence-electron chi connectivity index (χ2n) is 2.75. The molecule has 0 aliphatic heterocycles. The average Bonchev–Trinajstić information content (AvgIpc) is 2.04. The Bertz CT molecular complexity index is 109. The Balaban J connectivity index is 0. The van der Waals surface area contributed by atoms with Gasteiger partial charge in [-0.2, -0.15) is 0 Å². The van der Waals surface area contributed by atoms with Crippen molar-refractivity contribution in [3.63, 3.8) is 0 Å². The average molecular weight is 190 g/mol. The van der Waals surface area contributed by atoms with Gasteiger partial charge in [-0.25, -0.2) is 0 Å². The van der Waals surface area contributed by atoms with E-state index in [0.29, 0.717) is 0 Å². The summed E-state index contributed by atoms with van der Waals surface area (Å²) in [6, 6.07) is 0. The lowest BCUT2D eigenvalue weighted by Crippen LogP contribution is -2.15. The number of hydrogen-bond donors (Lipinski definition) is 1. The molecule has 0 atom stereocenters. The van der Waals surface area contributed by atoms with E-state index >= 15 is 0 Å². The standard InChI is InChI=1S/C5H13N.C4H9NS/c1-4-6(3)5-2;1-4(2)5(3)6/h4-5H2,1-3H3;6H,1H2,2-3H3. The third-order valence-electron chi connectivity index (χ3n) is 1.63. The van der Waals surface area contributed by atoms with Crippen LogP contribution in [0, 0.1) is 0 Å². The van der Waals surface area contributed by atoms with Crippen LogP contribution in [0.25, 0.3) is 0 Å². The van der Waals surface area contributed by atoms with E-state index in [1.165, 1.54) is 0 Å². The van der Waals surface area contributed by atoms with E-state index in [-0.39, 0.29) is 0 Å². The Morgan fingerprint density at radius 2 is 1.50 bits per heavy atom. The lowest BCUT2D eigenvalue weighted by atomic mass is 10.6. The monoisotopic (exact) mass is 190 g/mol. The fourth-order valence-electron chi connectivity index (χ4n) is 0.224. The number of nitrogens with zero attached hydrogens (tertiary/aromatic N) is 2. The molecule has 0 unspecified atom stereocenters. The molecular weight excluding hydrogens is 168 g/mol. The molecule has 12 heavy (non-hydrogen) atoms. The molecule has 0 radical (unpaired) electrons. The summed E-state index contributed by atoms with van der Waals surface area (Å²) in [5.41, 5.74) is 0.957. The van der Waals surface area contributed by atoms with Crippen molar-refractivity contribution in [2.75, 3.05) is 27.2 Å². The maximum absolute atomic E-state index is 3.93. The molecule has 0 amide bonds. The van der Waals surface area contributed by atoms with Crippen molar-refractivity contribution < 1.29 is 0 Å². The van der Waals surface area contributed by atoms with Crippen molar-refractivity contribution in [1.82, 2.24) is 9.21 Å². The number of thiol groups is 1. The molecule has 0 aliphatic rings. The highest BCUT2D eigenvalue weighted by molar-refractivity contribution is 7.77. The van der Waals surface area contributed by atoms with Crippen molar-refractivity contribution in [1.29, 1.82) is 0 Å². The highest BCUT2D eigenvalue weighted by Crippen LogP contribution is 1.95. The SMILES string of the molecule is C=C(C)N(C)S.CCN(C)CC. The summed E-state index contributed by atoms with van der Waals surface area (Å²) in [4.78, 5) is 2.25. The van der Waals surface area contributed by atoms with Gasteiger partial charge in [0.25, 0.3) is 0 Å². The first-order valence-corrected chi connectivity index (χ1v) is 4.62. The van der Waals surface area contributed by atoms with Gasteiger partial charge in [0, 0.05) is 12.7 Å². The van der Waals surface area contributed by atoms with Crippen LogP contribution in [-0.2, 0) is 0 Å². The molecular formula is C9H22N2S. The Morgan fingerprint density at radius 3 is 1.50 bits per heavy atom. The van der Waals surface area contributed by atoms with Crippen LogP contribution in [-0.4, -0.2) is 36.4 Å². The first-order valence-electron chi connectivity index (χ1n) is 4.22. The van der Waals surface area contributed by atoms with Crippen LogP contribution in [0.2, 0.25) is 0 Å². The lowest BCUT2D eigenvalue weighted by molar-refractivity contribution is 0.373. The Hall–Kier alpha value is -0.150.